The van der Waals surface area contributed by atoms with E-state index in [1.165, 1.54) is 0 Å². The standard InChI is InChI=1S/C18H20N2O2S/c1-2-3-12-22-16-11-7-10-15(13-16)19-18(23)20-17(21)14-8-5-4-6-9-14/h4-11,13H,2-3,12H2,1H3,(H2,19,20,21,23). The predicted molar refractivity (Wildman–Crippen MR) is 97.0 cm³/mol. The van der Waals surface area contributed by atoms with E-state index in [1.54, 1.807) is 12.1 Å². The van der Waals surface area contributed by atoms with E-state index < -0.39 is 0 Å². The second-order valence-corrected chi connectivity index (χ2v) is 5.41. The Morgan fingerprint density at radius 2 is 1.91 bits per heavy atom. The molecule has 0 unspecified atom stereocenters. The zero-order valence-electron chi connectivity index (χ0n) is 13.0. The molecule has 2 rings (SSSR count). The van der Waals surface area contributed by atoms with Gasteiger partial charge in [0.2, 0.25) is 0 Å². The summed E-state index contributed by atoms with van der Waals surface area (Å²) in [7, 11) is 0. The fourth-order valence-corrected chi connectivity index (χ4v) is 2.14. The van der Waals surface area contributed by atoms with Crippen LogP contribution in [0, 0.1) is 0 Å². The molecule has 0 atom stereocenters. The molecule has 0 heterocycles. The van der Waals surface area contributed by atoms with Crippen molar-refractivity contribution in [3.8, 4) is 5.75 Å². The Labute approximate surface area is 141 Å². The number of benzene rings is 2. The highest BCUT2D eigenvalue weighted by Crippen LogP contribution is 2.17. The average Bonchev–Trinajstić information content (AvgIpc) is 2.56. The summed E-state index contributed by atoms with van der Waals surface area (Å²) in [4.78, 5) is 12.0. The fourth-order valence-electron chi connectivity index (χ4n) is 1.93. The first-order chi connectivity index (χ1) is 11.2. The number of amides is 1. The number of unbranched alkanes of at least 4 members (excludes halogenated alkanes) is 1. The Balaban J connectivity index is 1.90. The van der Waals surface area contributed by atoms with Gasteiger partial charge in [-0.3, -0.25) is 10.1 Å². The summed E-state index contributed by atoms with van der Waals surface area (Å²) < 4.78 is 5.65. The average molecular weight is 328 g/mol. The molecule has 0 fully saturated rings. The van der Waals surface area contributed by atoms with Crippen molar-refractivity contribution in [2.45, 2.75) is 19.8 Å². The maximum absolute atomic E-state index is 12.0. The molecule has 2 aromatic rings. The highest BCUT2D eigenvalue weighted by Gasteiger charge is 2.07. The summed E-state index contributed by atoms with van der Waals surface area (Å²) in [6, 6.07) is 16.4. The van der Waals surface area contributed by atoms with Gasteiger partial charge >= 0.3 is 0 Å². The SMILES string of the molecule is CCCCOc1cccc(NC(=S)NC(=O)c2ccccc2)c1. The molecule has 0 bridgehead atoms. The van der Waals surface area contributed by atoms with Crippen LogP contribution in [0.3, 0.4) is 0 Å². The quantitative estimate of drug-likeness (QED) is 0.622. The smallest absolute Gasteiger partial charge is 0.257 e. The van der Waals surface area contributed by atoms with Crippen LogP contribution in [0.25, 0.3) is 0 Å². The molecule has 0 saturated carbocycles. The molecule has 0 aliphatic rings. The van der Waals surface area contributed by atoms with Gasteiger partial charge in [0.05, 0.1) is 6.61 Å². The van der Waals surface area contributed by atoms with Crippen molar-refractivity contribution >= 4 is 28.9 Å². The first-order valence-electron chi connectivity index (χ1n) is 7.59. The number of rotatable bonds is 6. The lowest BCUT2D eigenvalue weighted by Crippen LogP contribution is -2.34. The normalized spacial score (nSPS) is 9.96. The van der Waals surface area contributed by atoms with Crippen molar-refractivity contribution in [1.29, 1.82) is 0 Å². The highest BCUT2D eigenvalue weighted by atomic mass is 32.1. The molecular formula is C18H20N2O2S. The molecule has 4 nitrogen and oxygen atoms in total. The Bertz CT molecular complexity index is 659. The minimum Gasteiger partial charge on any atom is -0.494 e. The van der Waals surface area contributed by atoms with Gasteiger partial charge in [-0.25, -0.2) is 0 Å². The Morgan fingerprint density at radius 3 is 2.65 bits per heavy atom. The van der Waals surface area contributed by atoms with Crippen molar-refractivity contribution in [2.75, 3.05) is 11.9 Å². The molecule has 0 spiro atoms. The van der Waals surface area contributed by atoms with E-state index in [-0.39, 0.29) is 11.0 Å². The number of hydrogen-bond donors (Lipinski definition) is 2. The van der Waals surface area contributed by atoms with Gasteiger partial charge in [-0.05, 0) is 42.9 Å². The van der Waals surface area contributed by atoms with Crippen LogP contribution < -0.4 is 15.4 Å². The Morgan fingerprint density at radius 1 is 1.13 bits per heavy atom. The third kappa shape index (κ3) is 5.71. The van der Waals surface area contributed by atoms with Crippen molar-refractivity contribution in [3.63, 3.8) is 0 Å². The van der Waals surface area contributed by atoms with E-state index in [1.807, 2.05) is 42.5 Å². The van der Waals surface area contributed by atoms with E-state index in [9.17, 15) is 4.79 Å². The number of anilines is 1. The molecule has 2 N–H and O–H groups in total. The van der Waals surface area contributed by atoms with Crippen molar-refractivity contribution in [2.24, 2.45) is 0 Å². The molecule has 1 amide bonds. The molecule has 0 aromatic heterocycles. The van der Waals surface area contributed by atoms with Crippen LogP contribution in [0.1, 0.15) is 30.1 Å². The Hall–Kier alpha value is -2.40. The van der Waals surface area contributed by atoms with Gasteiger partial charge in [-0.1, -0.05) is 37.6 Å². The van der Waals surface area contributed by atoms with Crippen LogP contribution >= 0.6 is 12.2 Å². The summed E-state index contributed by atoms with van der Waals surface area (Å²) in [6.45, 7) is 2.81. The number of thiocarbonyl (C=S) groups is 1. The van der Waals surface area contributed by atoms with Crippen LogP contribution in [-0.4, -0.2) is 17.6 Å². The van der Waals surface area contributed by atoms with E-state index in [0.717, 1.165) is 24.3 Å². The minimum atomic E-state index is -0.238. The van der Waals surface area contributed by atoms with E-state index in [2.05, 4.69) is 17.6 Å². The molecule has 0 aliphatic heterocycles. The summed E-state index contributed by atoms with van der Waals surface area (Å²) in [5.41, 5.74) is 1.34. The molecule has 0 saturated heterocycles. The van der Waals surface area contributed by atoms with Crippen molar-refractivity contribution in [1.82, 2.24) is 5.32 Å². The Kier molecular flexibility index (Phi) is 6.56. The number of nitrogens with one attached hydrogen (secondary N) is 2. The fraction of sp³-hybridized carbons (Fsp3) is 0.222. The molecule has 0 aliphatic carbocycles. The minimum absolute atomic E-state index is 0.238. The molecule has 23 heavy (non-hydrogen) atoms. The lowest BCUT2D eigenvalue weighted by molar-refractivity contribution is 0.0977. The summed E-state index contributed by atoms with van der Waals surface area (Å²) >= 11 is 5.18. The van der Waals surface area contributed by atoms with Crippen LogP contribution in [0.5, 0.6) is 5.75 Å². The van der Waals surface area contributed by atoms with E-state index >= 15 is 0 Å². The summed E-state index contributed by atoms with van der Waals surface area (Å²) in [6.07, 6.45) is 2.11. The van der Waals surface area contributed by atoms with Gasteiger partial charge in [0.15, 0.2) is 5.11 Å². The molecule has 120 valence electrons. The van der Waals surface area contributed by atoms with Gasteiger partial charge in [0.1, 0.15) is 5.75 Å². The summed E-state index contributed by atoms with van der Waals surface area (Å²) in [5.74, 6) is 0.541. The third-order valence-corrected chi connectivity index (χ3v) is 3.33. The zero-order chi connectivity index (χ0) is 16.5. The monoisotopic (exact) mass is 328 g/mol. The maximum Gasteiger partial charge on any atom is 0.257 e. The number of carbonyl (C=O) groups excluding carboxylic acids is 1. The molecule has 5 heteroatoms. The lowest BCUT2D eigenvalue weighted by atomic mass is 10.2. The van der Waals surface area contributed by atoms with Crippen LogP contribution in [0.15, 0.2) is 54.6 Å². The maximum atomic E-state index is 12.0. The molecular weight excluding hydrogens is 308 g/mol. The summed E-state index contributed by atoms with van der Waals surface area (Å²) in [5, 5.41) is 5.90. The van der Waals surface area contributed by atoms with Gasteiger partial charge < -0.3 is 10.1 Å². The van der Waals surface area contributed by atoms with Crippen LogP contribution in [0.2, 0.25) is 0 Å². The van der Waals surface area contributed by atoms with Gasteiger partial charge in [-0.15, -0.1) is 0 Å². The zero-order valence-corrected chi connectivity index (χ0v) is 13.9. The largest absolute Gasteiger partial charge is 0.494 e. The second kappa shape index (κ2) is 8.90. The first-order valence-corrected chi connectivity index (χ1v) is 8.00. The lowest BCUT2D eigenvalue weighted by Gasteiger charge is -2.11. The number of carbonyl (C=O) groups is 1. The third-order valence-electron chi connectivity index (χ3n) is 3.12. The van der Waals surface area contributed by atoms with E-state index in [0.29, 0.717) is 12.2 Å². The van der Waals surface area contributed by atoms with Gasteiger partial charge in [0, 0.05) is 17.3 Å². The van der Waals surface area contributed by atoms with Crippen molar-refractivity contribution < 1.29 is 9.53 Å². The van der Waals surface area contributed by atoms with E-state index in [4.69, 9.17) is 17.0 Å². The van der Waals surface area contributed by atoms with Crippen molar-refractivity contribution in [3.05, 3.63) is 60.2 Å². The van der Waals surface area contributed by atoms with Gasteiger partial charge in [0.25, 0.3) is 5.91 Å². The number of ether oxygens (including phenoxy) is 1. The molecule has 2 aromatic carbocycles. The van der Waals surface area contributed by atoms with Crippen LogP contribution in [-0.2, 0) is 0 Å². The second-order valence-electron chi connectivity index (χ2n) is 5.00. The number of hydrogen-bond acceptors (Lipinski definition) is 3. The first kappa shape index (κ1) is 17.0. The van der Waals surface area contributed by atoms with Gasteiger partial charge in [-0.2, -0.15) is 0 Å². The topological polar surface area (TPSA) is 50.4 Å². The molecule has 0 radical (unpaired) electrons. The van der Waals surface area contributed by atoms with Crippen LogP contribution in [0.4, 0.5) is 5.69 Å². The highest BCUT2D eigenvalue weighted by molar-refractivity contribution is 7.80. The predicted octanol–water partition coefficient (Wildman–Crippen LogP) is 3.99.